The van der Waals surface area contributed by atoms with Gasteiger partial charge in [0.05, 0.1) is 12.7 Å². The second-order valence-electron chi connectivity index (χ2n) is 6.93. The summed E-state index contributed by atoms with van der Waals surface area (Å²) in [7, 11) is 4.34. The molecule has 0 amide bonds. The Morgan fingerprint density at radius 2 is 1.75 bits per heavy atom. The lowest BCUT2D eigenvalue weighted by Gasteiger charge is -2.45. The van der Waals surface area contributed by atoms with E-state index in [1.807, 2.05) is 6.07 Å². The molecule has 1 saturated carbocycles. The van der Waals surface area contributed by atoms with Gasteiger partial charge in [-0.25, -0.2) is 4.39 Å². The van der Waals surface area contributed by atoms with Crippen molar-refractivity contribution in [1.29, 1.82) is 0 Å². The predicted octanol–water partition coefficient (Wildman–Crippen LogP) is 4.74. The molecule has 3 rings (SSSR count). The maximum Gasteiger partial charge on any atom is 0.123 e. The third-order valence-corrected chi connectivity index (χ3v) is 5.30. The van der Waals surface area contributed by atoms with Crippen LogP contribution in [0.5, 0.6) is 0 Å². The van der Waals surface area contributed by atoms with Crippen LogP contribution in [0.15, 0.2) is 54.6 Å². The number of hydrogen-bond acceptors (Lipinski definition) is 2. The highest BCUT2D eigenvalue weighted by Gasteiger charge is 2.38. The molecule has 1 aliphatic carbocycles. The van der Waals surface area contributed by atoms with Crippen molar-refractivity contribution in [2.45, 2.75) is 43.9 Å². The van der Waals surface area contributed by atoms with Crippen molar-refractivity contribution in [3.8, 4) is 0 Å². The van der Waals surface area contributed by atoms with E-state index in [1.165, 1.54) is 11.6 Å². The first-order chi connectivity index (χ1) is 11.6. The minimum Gasteiger partial charge on any atom is -0.374 e. The van der Waals surface area contributed by atoms with Gasteiger partial charge in [-0.3, -0.25) is 4.90 Å². The van der Waals surface area contributed by atoms with Gasteiger partial charge in [-0.15, -0.1) is 0 Å². The molecule has 2 aromatic rings. The fourth-order valence-corrected chi connectivity index (χ4v) is 3.82. The molecule has 0 radical (unpaired) electrons. The summed E-state index contributed by atoms with van der Waals surface area (Å²) in [4.78, 5) is 2.35. The first-order valence-electron chi connectivity index (χ1n) is 8.69. The smallest absolute Gasteiger partial charge is 0.123 e. The number of hydrogen-bond donors (Lipinski definition) is 0. The monoisotopic (exact) mass is 327 g/mol. The molecular weight excluding hydrogens is 301 g/mol. The number of benzene rings is 2. The van der Waals surface area contributed by atoms with Crippen LogP contribution in [0.25, 0.3) is 0 Å². The summed E-state index contributed by atoms with van der Waals surface area (Å²) in [5.41, 5.74) is 2.39. The molecule has 24 heavy (non-hydrogen) atoms. The zero-order valence-corrected chi connectivity index (χ0v) is 14.5. The van der Waals surface area contributed by atoms with Gasteiger partial charge < -0.3 is 4.74 Å². The van der Waals surface area contributed by atoms with E-state index in [4.69, 9.17) is 4.74 Å². The van der Waals surface area contributed by atoms with E-state index in [0.29, 0.717) is 6.61 Å². The predicted molar refractivity (Wildman–Crippen MR) is 95.3 cm³/mol. The van der Waals surface area contributed by atoms with E-state index in [-0.39, 0.29) is 17.5 Å². The largest absolute Gasteiger partial charge is 0.374 e. The summed E-state index contributed by atoms with van der Waals surface area (Å²) in [6.07, 6.45) is 4.48. The Morgan fingerprint density at radius 3 is 2.38 bits per heavy atom. The Hall–Kier alpha value is -1.71. The lowest BCUT2D eigenvalue weighted by molar-refractivity contribution is -0.0249. The second kappa shape index (κ2) is 7.45. The first kappa shape index (κ1) is 17.1. The van der Waals surface area contributed by atoms with E-state index in [9.17, 15) is 4.39 Å². The molecule has 2 nitrogen and oxygen atoms in total. The number of rotatable bonds is 5. The summed E-state index contributed by atoms with van der Waals surface area (Å²) in [5.74, 6) is -0.199. The Labute approximate surface area is 144 Å². The highest BCUT2D eigenvalue weighted by Crippen LogP contribution is 2.41. The summed E-state index contributed by atoms with van der Waals surface area (Å²) < 4.78 is 19.3. The Bertz CT molecular complexity index is 648. The molecule has 0 unspecified atom stereocenters. The van der Waals surface area contributed by atoms with Crippen LogP contribution < -0.4 is 0 Å². The zero-order chi connectivity index (χ0) is 17.0. The first-order valence-corrected chi connectivity index (χ1v) is 8.69. The SMILES string of the molecule is CN(C)[C@]1(c2ccccc2)CC[C@@H](OCc2cccc(F)c2)CC1. The quantitative estimate of drug-likeness (QED) is 0.786. The highest BCUT2D eigenvalue weighted by atomic mass is 19.1. The minimum absolute atomic E-state index is 0.0972. The fourth-order valence-electron chi connectivity index (χ4n) is 3.82. The molecule has 0 N–H and O–H groups in total. The molecule has 0 aromatic heterocycles. The summed E-state index contributed by atoms with van der Waals surface area (Å²) >= 11 is 0. The van der Waals surface area contributed by atoms with Crippen molar-refractivity contribution in [1.82, 2.24) is 4.90 Å². The van der Waals surface area contributed by atoms with Gasteiger partial charge in [-0.05, 0) is 63.0 Å². The maximum absolute atomic E-state index is 13.2. The van der Waals surface area contributed by atoms with Crippen molar-refractivity contribution in [3.05, 3.63) is 71.5 Å². The van der Waals surface area contributed by atoms with Crippen LogP contribution in [0.2, 0.25) is 0 Å². The van der Waals surface area contributed by atoms with Crippen molar-refractivity contribution >= 4 is 0 Å². The van der Waals surface area contributed by atoms with Gasteiger partial charge in [0, 0.05) is 5.54 Å². The van der Waals surface area contributed by atoms with Crippen molar-refractivity contribution in [2.75, 3.05) is 14.1 Å². The van der Waals surface area contributed by atoms with E-state index < -0.39 is 0 Å². The average molecular weight is 327 g/mol. The molecule has 0 saturated heterocycles. The number of halogens is 1. The molecule has 1 fully saturated rings. The third-order valence-electron chi connectivity index (χ3n) is 5.30. The van der Waals surface area contributed by atoms with Crippen molar-refractivity contribution in [3.63, 3.8) is 0 Å². The summed E-state index contributed by atoms with van der Waals surface area (Å²) in [5, 5.41) is 0. The van der Waals surface area contributed by atoms with E-state index in [2.05, 4.69) is 49.3 Å². The van der Waals surface area contributed by atoms with Gasteiger partial charge in [0.25, 0.3) is 0 Å². The molecule has 1 aliphatic rings. The average Bonchev–Trinajstić information content (AvgIpc) is 2.61. The van der Waals surface area contributed by atoms with Gasteiger partial charge in [0.2, 0.25) is 0 Å². The lowest BCUT2D eigenvalue weighted by Crippen LogP contribution is -2.45. The maximum atomic E-state index is 13.2. The third kappa shape index (κ3) is 3.68. The van der Waals surface area contributed by atoms with Crippen LogP contribution in [0.3, 0.4) is 0 Å². The van der Waals surface area contributed by atoms with Gasteiger partial charge in [0.15, 0.2) is 0 Å². The summed E-state index contributed by atoms with van der Waals surface area (Å²) in [6, 6.07) is 17.4. The van der Waals surface area contributed by atoms with Gasteiger partial charge in [-0.2, -0.15) is 0 Å². The summed E-state index contributed by atoms with van der Waals surface area (Å²) in [6.45, 7) is 0.489. The topological polar surface area (TPSA) is 12.5 Å². The molecule has 0 bridgehead atoms. The van der Waals surface area contributed by atoms with Crippen LogP contribution in [0.4, 0.5) is 4.39 Å². The highest BCUT2D eigenvalue weighted by molar-refractivity contribution is 5.25. The van der Waals surface area contributed by atoms with Crippen molar-refractivity contribution < 1.29 is 9.13 Å². The van der Waals surface area contributed by atoms with E-state index in [0.717, 1.165) is 31.2 Å². The molecular formula is C21H26FNO. The normalized spacial score (nSPS) is 24.2. The van der Waals surface area contributed by atoms with Crippen LogP contribution >= 0.6 is 0 Å². The molecule has 2 aromatic carbocycles. The Morgan fingerprint density at radius 1 is 1.04 bits per heavy atom. The molecule has 0 spiro atoms. The van der Waals surface area contributed by atoms with Crippen LogP contribution in [0.1, 0.15) is 36.8 Å². The molecule has 128 valence electrons. The Balaban J connectivity index is 1.61. The van der Waals surface area contributed by atoms with Crippen LogP contribution in [-0.4, -0.2) is 25.1 Å². The standard InChI is InChI=1S/C21H26FNO/c1-23(2)21(18-8-4-3-5-9-18)13-11-20(12-14-21)24-16-17-7-6-10-19(22)15-17/h3-10,15,20H,11-14,16H2,1-2H3/t20-,21-. The second-order valence-corrected chi connectivity index (χ2v) is 6.93. The molecule has 0 atom stereocenters. The lowest BCUT2D eigenvalue weighted by atomic mass is 9.74. The van der Waals surface area contributed by atoms with Crippen LogP contribution in [-0.2, 0) is 16.9 Å². The van der Waals surface area contributed by atoms with Gasteiger partial charge in [-0.1, -0.05) is 42.5 Å². The number of ether oxygens (including phenoxy) is 1. The number of nitrogens with zero attached hydrogens (tertiary/aromatic N) is 1. The van der Waals surface area contributed by atoms with E-state index >= 15 is 0 Å². The van der Waals surface area contributed by atoms with Crippen molar-refractivity contribution in [2.24, 2.45) is 0 Å². The fraction of sp³-hybridized carbons (Fsp3) is 0.429. The van der Waals surface area contributed by atoms with Gasteiger partial charge >= 0.3 is 0 Å². The van der Waals surface area contributed by atoms with E-state index in [1.54, 1.807) is 12.1 Å². The molecule has 0 heterocycles. The molecule has 0 aliphatic heterocycles. The minimum atomic E-state index is -0.199. The Kier molecular flexibility index (Phi) is 5.32. The van der Waals surface area contributed by atoms with Crippen LogP contribution in [0, 0.1) is 5.82 Å². The van der Waals surface area contributed by atoms with Gasteiger partial charge in [0.1, 0.15) is 5.82 Å². The molecule has 3 heteroatoms. The zero-order valence-electron chi connectivity index (χ0n) is 14.5.